The molecule has 0 fully saturated rings. The van der Waals surface area contributed by atoms with Crippen LogP contribution < -0.4 is 5.32 Å². The summed E-state index contributed by atoms with van der Waals surface area (Å²) in [6.07, 6.45) is 7.81. The molecule has 0 saturated carbocycles. The molecule has 0 bridgehead atoms. The molecule has 15 heavy (non-hydrogen) atoms. The minimum atomic E-state index is 0.185. The van der Waals surface area contributed by atoms with Crippen molar-refractivity contribution in [3.05, 3.63) is 24.5 Å². The minimum absolute atomic E-state index is 0.185. The number of hydrogen-bond acceptors (Lipinski definition) is 1. The smallest absolute Gasteiger partial charge is 0.219 e. The summed E-state index contributed by atoms with van der Waals surface area (Å²) in [6.45, 7) is 3.85. The van der Waals surface area contributed by atoms with Crippen LogP contribution in [0.1, 0.15) is 32.6 Å². The zero-order valence-electron chi connectivity index (χ0n) is 9.41. The predicted octanol–water partition coefficient (Wildman–Crippen LogP) is 2.18. The Morgan fingerprint density at radius 1 is 1.27 bits per heavy atom. The summed E-state index contributed by atoms with van der Waals surface area (Å²) in [7, 11) is 0. The van der Waals surface area contributed by atoms with Gasteiger partial charge in [-0.25, -0.2) is 0 Å². The van der Waals surface area contributed by atoms with Gasteiger partial charge in [-0.15, -0.1) is 0 Å². The van der Waals surface area contributed by atoms with E-state index in [2.05, 4.69) is 16.8 Å². The summed E-state index contributed by atoms with van der Waals surface area (Å²) >= 11 is 0. The lowest BCUT2D eigenvalue weighted by molar-refractivity contribution is -0.121. The fraction of sp³-hybridized carbons (Fsp3) is 0.583. The molecule has 3 heteroatoms. The largest absolute Gasteiger partial charge is 0.356 e. The molecule has 0 aliphatic carbocycles. The van der Waals surface area contributed by atoms with Gasteiger partial charge in [-0.1, -0.05) is 13.3 Å². The van der Waals surface area contributed by atoms with Gasteiger partial charge in [-0.05, 0) is 25.0 Å². The van der Waals surface area contributed by atoms with Crippen LogP contribution in [-0.2, 0) is 11.3 Å². The second-order valence-electron chi connectivity index (χ2n) is 3.73. The average molecular weight is 208 g/mol. The van der Waals surface area contributed by atoms with E-state index in [1.54, 1.807) is 0 Å². The molecule has 0 saturated heterocycles. The summed E-state index contributed by atoms with van der Waals surface area (Å²) in [6, 6.07) is 4.03. The van der Waals surface area contributed by atoms with Gasteiger partial charge in [0.25, 0.3) is 0 Å². The Hall–Kier alpha value is -1.25. The van der Waals surface area contributed by atoms with E-state index in [1.165, 1.54) is 0 Å². The highest BCUT2D eigenvalue weighted by atomic mass is 16.1. The molecule has 84 valence electrons. The summed E-state index contributed by atoms with van der Waals surface area (Å²) in [5.74, 6) is 0.185. The van der Waals surface area contributed by atoms with Crippen molar-refractivity contribution in [2.24, 2.45) is 0 Å². The van der Waals surface area contributed by atoms with Crippen LogP contribution >= 0.6 is 0 Å². The lowest BCUT2D eigenvalue weighted by Crippen LogP contribution is -2.24. The summed E-state index contributed by atoms with van der Waals surface area (Å²) in [5, 5.41) is 2.93. The van der Waals surface area contributed by atoms with Crippen molar-refractivity contribution in [2.75, 3.05) is 6.54 Å². The summed E-state index contributed by atoms with van der Waals surface area (Å²) in [4.78, 5) is 11.2. The van der Waals surface area contributed by atoms with Gasteiger partial charge < -0.3 is 9.88 Å². The van der Waals surface area contributed by atoms with Gasteiger partial charge in [-0.2, -0.15) is 0 Å². The maximum absolute atomic E-state index is 11.2. The molecule has 1 aromatic heterocycles. The zero-order valence-corrected chi connectivity index (χ0v) is 9.41. The van der Waals surface area contributed by atoms with E-state index in [1.807, 2.05) is 24.5 Å². The highest BCUT2D eigenvalue weighted by molar-refractivity contribution is 5.75. The van der Waals surface area contributed by atoms with Crippen LogP contribution in [0, 0.1) is 0 Å². The fourth-order valence-electron chi connectivity index (χ4n) is 1.43. The third kappa shape index (κ3) is 5.25. The van der Waals surface area contributed by atoms with E-state index < -0.39 is 0 Å². The van der Waals surface area contributed by atoms with E-state index in [0.29, 0.717) is 6.42 Å². The van der Waals surface area contributed by atoms with Gasteiger partial charge >= 0.3 is 0 Å². The third-order valence-corrected chi connectivity index (χ3v) is 2.34. The Balaban J connectivity index is 1.99. The van der Waals surface area contributed by atoms with E-state index >= 15 is 0 Å². The maximum Gasteiger partial charge on any atom is 0.219 e. The lowest BCUT2D eigenvalue weighted by Gasteiger charge is -2.05. The summed E-state index contributed by atoms with van der Waals surface area (Å²) in [5.41, 5.74) is 0. The van der Waals surface area contributed by atoms with Gasteiger partial charge in [0.15, 0.2) is 0 Å². The molecule has 1 heterocycles. The number of hydrogen-bond donors (Lipinski definition) is 1. The van der Waals surface area contributed by atoms with Crippen LogP contribution in [0.15, 0.2) is 24.5 Å². The Morgan fingerprint density at radius 3 is 2.67 bits per heavy atom. The Labute approximate surface area is 91.5 Å². The van der Waals surface area contributed by atoms with Gasteiger partial charge in [0, 0.05) is 31.9 Å². The lowest BCUT2D eigenvalue weighted by atomic mass is 10.2. The third-order valence-electron chi connectivity index (χ3n) is 2.34. The number of amides is 1. The molecule has 0 aliphatic rings. The fourth-order valence-corrected chi connectivity index (χ4v) is 1.43. The van der Waals surface area contributed by atoms with E-state index in [4.69, 9.17) is 0 Å². The van der Waals surface area contributed by atoms with Crippen molar-refractivity contribution in [2.45, 2.75) is 39.2 Å². The van der Waals surface area contributed by atoms with Crippen molar-refractivity contribution in [1.82, 2.24) is 9.88 Å². The van der Waals surface area contributed by atoms with E-state index in [-0.39, 0.29) is 5.91 Å². The second-order valence-corrected chi connectivity index (χ2v) is 3.73. The first-order valence-electron chi connectivity index (χ1n) is 5.70. The molecule has 0 atom stereocenters. The van der Waals surface area contributed by atoms with Crippen molar-refractivity contribution < 1.29 is 4.79 Å². The number of rotatable bonds is 7. The molecular formula is C12H20N2O. The molecular weight excluding hydrogens is 188 g/mol. The standard InChI is InChI=1S/C12H20N2O/c1-2-3-7-12(15)13-8-6-11-14-9-4-5-10-14/h4-5,9-10H,2-3,6-8,11H2,1H3,(H,13,15). The van der Waals surface area contributed by atoms with E-state index in [9.17, 15) is 4.79 Å². The minimum Gasteiger partial charge on any atom is -0.356 e. The summed E-state index contributed by atoms with van der Waals surface area (Å²) < 4.78 is 2.12. The van der Waals surface area contributed by atoms with Gasteiger partial charge in [0.1, 0.15) is 0 Å². The number of carbonyl (C=O) groups excluding carboxylic acids is 1. The van der Waals surface area contributed by atoms with Crippen molar-refractivity contribution >= 4 is 5.91 Å². The first kappa shape index (κ1) is 11.8. The molecule has 3 nitrogen and oxygen atoms in total. The van der Waals surface area contributed by atoms with Crippen molar-refractivity contribution in [3.8, 4) is 0 Å². The van der Waals surface area contributed by atoms with Crippen LogP contribution in [0.4, 0.5) is 0 Å². The quantitative estimate of drug-likeness (QED) is 0.685. The number of aryl methyl sites for hydroxylation is 1. The van der Waals surface area contributed by atoms with Gasteiger partial charge in [-0.3, -0.25) is 4.79 Å². The Bertz CT molecular complexity index is 267. The molecule has 1 rings (SSSR count). The Kier molecular flexibility index (Phi) is 5.59. The topological polar surface area (TPSA) is 34.0 Å². The highest BCUT2D eigenvalue weighted by Gasteiger charge is 1.98. The molecule has 0 aliphatic heterocycles. The predicted molar refractivity (Wildman–Crippen MR) is 61.6 cm³/mol. The number of unbranched alkanes of at least 4 members (excludes halogenated alkanes) is 1. The van der Waals surface area contributed by atoms with Crippen LogP contribution in [0.5, 0.6) is 0 Å². The number of nitrogens with one attached hydrogen (secondary N) is 1. The first-order chi connectivity index (χ1) is 7.33. The maximum atomic E-state index is 11.2. The number of nitrogens with zero attached hydrogens (tertiary/aromatic N) is 1. The van der Waals surface area contributed by atoms with Crippen LogP contribution in [-0.4, -0.2) is 17.0 Å². The van der Waals surface area contributed by atoms with Gasteiger partial charge in [0.2, 0.25) is 5.91 Å². The normalized spacial score (nSPS) is 10.2. The first-order valence-corrected chi connectivity index (χ1v) is 5.70. The van der Waals surface area contributed by atoms with Crippen molar-refractivity contribution in [1.29, 1.82) is 0 Å². The zero-order chi connectivity index (χ0) is 10.9. The molecule has 0 unspecified atom stereocenters. The highest BCUT2D eigenvalue weighted by Crippen LogP contribution is 1.94. The van der Waals surface area contributed by atoms with Crippen molar-refractivity contribution in [3.63, 3.8) is 0 Å². The second kappa shape index (κ2) is 7.10. The van der Waals surface area contributed by atoms with Crippen LogP contribution in [0.25, 0.3) is 0 Å². The van der Waals surface area contributed by atoms with Gasteiger partial charge in [0.05, 0.1) is 0 Å². The monoisotopic (exact) mass is 208 g/mol. The number of aromatic nitrogens is 1. The molecule has 0 spiro atoms. The average Bonchev–Trinajstić information content (AvgIpc) is 2.74. The molecule has 0 aromatic carbocycles. The van der Waals surface area contributed by atoms with Crippen LogP contribution in [0.3, 0.4) is 0 Å². The van der Waals surface area contributed by atoms with Crippen LogP contribution in [0.2, 0.25) is 0 Å². The molecule has 0 radical (unpaired) electrons. The molecule has 1 N–H and O–H groups in total. The van der Waals surface area contributed by atoms with E-state index in [0.717, 1.165) is 32.4 Å². The Morgan fingerprint density at radius 2 is 2.00 bits per heavy atom. The number of carbonyl (C=O) groups is 1. The molecule has 1 aromatic rings. The SMILES string of the molecule is CCCCC(=O)NCCCn1cccc1. The molecule has 1 amide bonds.